The highest BCUT2D eigenvalue weighted by atomic mass is 32.2. The molecule has 1 amide bonds. The van der Waals surface area contributed by atoms with Crippen LogP contribution in [-0.4, -0.2) is 64.5 Å². The predicted octanol–water partition coefficient (Wildman–Crippen LogP) is 3.60. The maximum absolute atomic E-state index is 14.7. The van der Waals surface area contributed by atoms with Crippen LogP contribution >= 0.6 is 0 Å². The van der Waals surface area contributed by atoms with Gasteiger partial charge in [-0.3, -0.25) is 24.5 Å². The molecule has 2 atom stereocenters. The number of sulfonamides is 1. The number of rotatable bonds is 10. The van der Waals surface area contributed by atoms with Gasteiger partial charge in [0.1, 0.15) is 11.4 Å². The molecule has 2 aromatic heterocycles. The molecule has 3 aliphatic rings. The van der Waals surface area contributed by atoms with Crippen LogP contribution in [0.3, 0.4) is 0 Å². The van der Waals surface area contributed by atoms with Crippen molar-refractivity contribution >= 4 is 21.7 Å². The lowest BCUT2D eigenvalue weighted by Crippen LogP contribution is -2.50. The molecular weight excluding hydrogens is 613 g/mol. The molecule has 1 saturated carbocycles. The first-order valence-electron chi connectivity index (χ1n) is 15.5. The van der Waals surface area contributed by atoms with Crippen molar-refractivity contribution in [1.29, 1.82) is 5.26 Å². The van der Waals surface area contributed by atoms with Crippen LogP contribution in [0.2, 0.25) is 0 Å². The summed E-state index contributed by atoms with van der Waals surface area (Å²) < 4.78 is 28.1. The highest BCUT2D eigenvalue weighted by molar-refractivity contribution is 7.89. The topological polar surface area (TPSA) is 136 Å². The number of ketones is 1. The second kappa shape index (κ2) is 12.2. The predicted molar refractivity (Wildman–Crippen MR) is 173 cm³/mol. The fourth-order valence-electron chi connectivity index (χ4n) is 6.98. The Morgan fingerprint density at radius 2 is 1.47 bits per heavy atom. The van der Waals surface area contributed by atoms with Gasteiger partial charge in [-0.15, -0.1) is 0 Å². The van der Waals surface area contributed by atoms with E-state index in [1.165, 1.54) is 6.08 Å². The van der Waals surface area contributed by atoms with Gasteiger partial charge < -0.3 is 5.32 Å². The number of fused-ring (bicyclic) bond motifs is 1. The number of carbonyl (C=O) groups excluding carboxylic acids is 2. The van der Waals surface area contributed by atoms with Crippen LogP contribution in [0.15, 0.2) is 120 Å². The number of hydrogen-bond donors (Lipinski definition) is 1. The van der Waals surface area contributed by atoms with E-state index in [-0.39, 0.29) is 34.3 Å². The van der Waals surface area contributed by atoms with E-state index < -0.39 is 15.6 Å². The molecule has 2 unspecified atom stereocenters. The molecule has 0 spiro atoms. The van der Waals surface area contributed by atoms with E-state index in [9.17, 15) is 23.3 Å². The quantitative estimate of drug-likeness (QED) is 0.204. The van der Waals surface area contributed by atoms with Crippen LogP contribution < -0.4 is 5.32 Å². The van der Waals surface area contributed by atoms with E-state index in [0.29, 0.717) is 49.4 Å². The Balaban J connectivity index is 1.19. The molecule has 0 radical (unpaired) electrons. The molecule has 47 heavy (non-hydrogen) atoms. The number of hydrogen-bond acceptors (Lipinski definition) is 8. The highest BCUT2D eigenvalue weighted by Gasteiger charge is 2.60. The summed E-state index contributed by atoms with van der Waals surface area (Å²) in [6.07, 6.45) is 8.95. The number of nitrogens with one attached hydrogen (secondary N) is 1. The van der Waals surface area contributed by atoms with Crippen LogP contribution in [0, 0.1) is 29.1 Å². The number of nitrogens with zero attached hydrogens (tertiary/aromatic N) is 5. The molecule has 4 heterocycles. The minimum Gasteiger partial charge on any atom is -0.357 e. The maximum atomic E-state index is 14.7. The van der Waals surface area contributed by atoms with Gasteiger partial charge in [-0.25, -0.2) is 8.42 Å². The number of aromatic nitrogens is 2. The molecule has 0 bridgehead atoms. The summed E-state index contributed by atoms with van der Waals surface area (Å²) in [4.78, 5) is 38.5. The van der Waals surface area contributed by atoms with Crippen molar-refractivity contribution in [3.63, 3.8) is 0 Å². The Kier molecular flexibility index (Phi) is 7.91. The molecule has 2 aliphatic heterocycles. The molecule has 2 saturated heterocycles. The number of piperidine rings is 1. The van der Waals surface area contributed by atoms with Gasteiger partial charge in [-0.1, -0.05) is 18.2 Å². The molecule has 1 aliphatic carbocycles. The first-order chi connectivity index (χ1) is 22.8. The number of carbonyl (C=O) groups is 2. The van der Waals surface area contributed by atoms with Gasteiger partial charge in [0.25, 0.3) is 5.91 Å². The lowest BCUT2D eigenvalue weighted by atomic mass is 9.85. The zero-order valence-electron chi connectivity index (χ0n) is 25.4. The molecule has 10 nitrogen and oxygen atoms in total. The number of amides is 1. The van der Waals surface area contributed by atoms with Crippen LogP contribution in [0.4, 0.5) is 0 Å². The largest absolute Gasteiger partial charge is 0.357 e. The summed E-state index contributed by atoms with van der Waals surface area (Å²) >= 11 is 0. The summed E-state index contributed by atoms with van der Waals surface area (Å²) in [5.74, 6) is 0.290. The Morgan fingerprint density at radius 1 is 0.894 bits per heavy atom. The van der Waals surface area contributed by atoms with Gasteiger partial charge in [0, 0.05) is 68.9 Å². The van der Waals surface area contributed by atoms with E-state index in [2.05, 4.69) is 21.4 Å². The van der Waals surface area contributed by atoms with Gasteiger partial charge in [-0.05, 0) is 89.5 Å². The van der Waals surface area contributed by atoms with Crippen LogP contribution in [0.5, 0.6) is 0 Å². The molecule has 3 fully saturated rings. The second-order valence-corrected chi connectivity index (χ2v) is 14.3. The zero-order chi connectivity index (χ0) is 32.6. The first kappa shape index (κ1) is 30.5. The molecule has 236 valence electrons. The highest BCUT2D eigenvalue weighted by Crippen LogP contribution is 2.53. The van der Waals surface area contributed by atoms with Gasteiger partial charge >= 0.3 is 0 Å². The molecule has 2 aromatic carbocycles. The minimum absolute atomic E-state index is 0.0917. The van der Waals surface area contributed by atoms with Crippen molar-refractivity contribution in [2.45, 2.75) is 23.3 Å². The summed E-state index contributed by atoms with van der Waals surface area (Å²) in [6, 6.07) is 24.4. The van der Waals surface area contributed by atoms with E-state index in [4.69, 9.17) is 0 Å². The number of pyridine rings is 2. The van der Waals surface area contributed by atoms with Crippen LogP contribution in [-0.2, 0) is 27.7 Å². The zero-order valence-corrected chi connectivity index (χ0v) is 26.3. The Hall–Kier alpha value is -5.18. The van der Waals surface area contributed by atoms with Crippen molar-refractivity contribution in [1.82, 2.24) is 24.5 Å². The van der Waals surface area contributed by atoms with Crippen LogP contribution in [0.25, 0.3) is 0 Å². The monoisotopic (exact) mass is 644 g/mol. The normalized spacial score (nSPS) is 22.4. The lowest BCUT2D eigenvalue weighted by Gasteiger charge is -2.28. The molecule has 1 N–H and O–H groups in total. The third kappa shape index (κ3) is 5.93. The van der Waals surface area contributed by atoms with Crippen molar-refractivity contribution in [2.75, 3.05) is 19.6 Å². The number of benzene rings is 2. The van der Waals surface area contributed by atoms with Gasteiger partial charge in [0.2, 0.25) is 10.0 Å². The van der Waals surface area contributed by atoms with E-state index in [1.54, 1.807) is 88.6 Å². The SMILES string of the molecule is N#Cc1ccc(C(=O)/C=C2\NC(Cc3ccncc3)(Cc3ccncc3)C(=O)N2CC2C3CN(S(=O)(=O)c4ccccc4)CC23)cc1. The number of allylic oxidation sites excluding steroid dienone is 1. The summed E-state index contributed by atoms with van der Waals surface area (Å²) in [7, 11) is -3.60. The smallest absolute Gasteiger partial charge is 0.254 e. The van der Waals surface area contributed by atoms with Crippen molar-refractivity contribution in [2.24, 2.45) is 17.8 Å². The second-order valence-electron chi connectivity index (χ2n) is 12.4. The molecular formula is C36H32N6O4S. The lowest BCUT2D eigenvalue weighted by molar-refractivity contribution is -0.132. The maximum Gasteiger partial charge on any atom is 0.254 e. The van der Waals surface area contributed by atoms with Crippen LogP contribution in [0.1, 0.15) is 27.0 Å². The van der Waals surface area contributed by atoms with Gasteiger partial charge in [0.15, 0.2) is 5.78 Å². The molecule has 7 rings (SSSR count). The third-order valence-electron chi connectivity index (χ3n) is 9.50. The number of nitriles is 1. The van der Waals surface area contributed by atoms with E-state index >= 15 is 0 Å². The molecule has 11 heteroatoms. The minimum atomic E-state index is -3.60. The fraction of sp³-hybridized carbons (Fsp3) is 0.250. The Labute approximate surface area is 273 Å². The fourth-order valence-corrected chi connectivity index (χ4v) is 8.51. The average molecular weight is 645 g/mol. The summed E-state index contributed by atoms with van der Waals surface area (Å²) in [5, 5.41) is 12.7. The Bertz CT molecular complexity index is 1930. The molecule has 4 aromatic rings. The summed E-state index contributed by atoms with van der Waals surface area (Å²) in [5.41, 5.74) is 1.59. The van der Waals surface area contributed by atoms with E-state index in [0.717, 1.165) is 11.1 Å². The van der Waals surface area contributed by atoms with Gasteiger partial charge in [-0.2, -0.15) is 9.57 Å². The first-order valence-corrected chi connectivity index (χ1v) is 16.9. The average Bonchev–Trinajstić information content (AvgIpc) is 3.40. The third-order valence-corrected chi connectivity index (χ3v) is 11.3. The summed E-state index contributed by atoms with van der Waals surface area (Å²) in [6.45, 7) is 1.15. The Morgan fingerprint density at radius 3 is 2.02 bits per heavy atom. The van der Waals surface area contributed by atoms with E-state index in [1.807, 2.05) is 24.3 Å². The van der Waals surface area contributed by atoms with Crippen molar-refractivity contribution in [3.8, 4) is 6.07 Å². The van der Waals surface area contributed by atoms with Crippen molar-refractivity contribution < 1.29 is 18.0 Å². The van der Waals surface area contributed by atoms with Gasteiger partial charge in [0.05, 0.1) is 16.5 Å². The van der Waals surface area contributed by atoms with Crippen molar-refractivity contribution in [3.05, 3.63) is 138 Å². The standard InChI is InChI=1S/C36H32N6O4S/c37-21-27-6-8-28(9-7-27)33(43)18-34-40-36(19-25-10-14-38-15-11-25,20-26-12-16-39-17-13-26)35(44)42(34)24-32-30-22-41(23-31(30)32)47(45,46)29-4-2-1-3-5-29/h1-18,30-32,40H,19-20,22-24H2/b34-18+.